The van der Waals surface area contributed by atoms with E-state index in [1.54, 1.807) is 23.2 Å². The van der Waals surface area contributed by atoms with E-state index in [0.29, 0.717) is 37.6 Å². The molecule has 7 heteroatoms. The predicted octanol–water partition coefficient (Wildman–Crippen LogP) is 1.24. The number of nitrogens with two attached hydrogens (primary N) is 1. The monoisotopic (exact) mass is 306 g/mol. The number of anilines is 1. The van der Waals surface area contributed by atoms with Crippen molar-refractivity contribution >= 4 is 17.8 Å². The van der Waals surface area contributed by atoms with Crippen molar-refractivity contribution in [2.45, 2.75) is 26.4 Å². The van der Waals surface area contributed by atoms with Crippen LogP contribution in [0.15, 0.2) is 18.3 Å². The van der Waals surface area contributed by atoms with Crippen molar-refractivity contribution in [1.29, 1.82) is 0 Å². The average Bonchev–Trinajstić information content (AvgIpc) is 2.45. The molecular formula is C15H22N4O3. The Hall–Kier alpha value is -2.31. The van der Waals surface area contributed by atoms with Gasteiger partial charge in [0.2, 0.25) is 0 Å². The highest BCUT2D eigenvalue weighted by atomic mass is 16.6. The summed E-state index contributed by atoms with van der Waals surface area (Å²) in [5, 5.41) is 0. The molecule has 0 aliphatic carbocycles. The number of carbonyl (C=O) groups excluding carboxylic acids is 2. The molecule has 2 N–H and O–H groups in total. The standard InChI is InChI=1S/C15H22N4O3/c1-15(2,3)22-14(21)19-9-7-18(8-10-19)13-11(12(16)20)5-4-6-17-13/h4-6H,7-10H2,1-3H3,(H2,16,20). The lowest BCUT2D eigenvalue weighted by Gasteiger charge is -2.36. The van der Waals surface area contributed by atoms with E-state index >= 15 is 0 Å². The molecular weight excluding hydrogens is 284 g/mol. The van der Waals surface area contributed by atoms with Crippen molar-refractivity contribution in [3.8, 4) is 0 Å². The lowest BCUT2D eigenvalue weighted by atomic mass is 10.2. The second-order valence-electron chi connectivity index (χ2n) is 6.19. The van der Waals surface area contributed by atoms with Gasteiger partial charge >= 0.3 is 6.09 Å². The number of rotatable bonds is 2. The van der Waals surface area contributed by atoms with Gasteiger partial charge in [-0.25, -0.2) is 9.78 Å². The lowest BCUT2D eigenvalue weighted by molar-refractivity contribution is 0.0240. The largest absolute Gasteiger partial charge is 0.444 e. The van der Waals surface area contributed by atoms with E-state index in [1.807, 2.05) is 25.7 Å². The molecule has 1 fully saturated rings. The number of nitrogens with zero attached hydrogens (tertiary/aromatic N) is 3. The van der Waals surface area contributed by atoms with Gasteiger partial charge in [0, 0.05) is 32.4 Å². The molecule has 0 aromatic carbocycles. The van der Waals surface area contributed by atoms with Gasteiger partial charge in [-0.3, -0.25) is 4.79 Å². The fourth-order valence-electron chi connectivity index (χ4n) is 2.27. The van der Waals surface area contributed by atoms with E-state index in [4.69, 9.17) is 10.5 Å². The molecule has 2 heterocycles. The summed E-state index contributed by atoms with van der Waals surface area (Å²) in [6, 6.07) is 3.34. The van der Waals surface area contributed by atoms with Gasteiger partial charge in [-0.15, -0.1) is 0 Å². The van der Waals surface area contributed by atoms with Crippen LogP contribution in [-0.2, 0) is 4.74 Å². The van der Waals surface area contributed by atoms with E-state index in [1.165, 1.54) is 0 Å². The molecule has 1 aliphatic heterocycles. The molecule has 0 saturated carbocycles. The van der Waals surface area contributed by atoms with Gasteiger partial charge in [-0.05, 0) is 32.9 Å². The third kappa shape index (κ3) is 3.87. The van der Waals surface area contributed by atoms with Crippen LogP contribution in [0.5, 0.6) is 0 Å². The Labute approximate surface area is 130 Å². The second kappa shape index (κ2) is 6.21. The number of hydrogen-bond acceptors (Lipinski definition) is 5. The zero-order valence-corrected chi connectivity index (χ0v) is 13.2. The van der Waals surface area contributed by atoms with Crippen LogP contribution < -0.4 is 10.6 Å². The van der Waals surface area contributed by atoms with E-state index < -0.39 is 11.5 Å². The molecule has 120 valence electrons. The van der Waals surface area contributed by atoms with Gasteiger partial charge < -0.3 is 20.3 Å². The Balaban J connectivity index is 2.01. The topological polar surface area (TPSA) is 88.8 Å². The van der Waals surface area contributed by atoms with Crippen LogP contribution in [0.1, 0.15) is 31.1 Å². The predicted molar refractivity (Wildman–Crippen MR) is 82.8 cm³/mol. The number of carbonyl (C=O) groups is 2. The molecule has 22 heavy (non-hydrogen) atoms. The molecule has 1 aliphatic rings. The van der Waals surface area contributed by atoms with Crippen LogP contribution in [0, 0.1) is 0 Å². The van der Waals surface area contributed by atoms with E-state index in [2.05, 4.69) is 4.98 Å². The summed E-state index contributed by atoms with van der Waals surface area (Å²) >= 11 is 0. The van der Waals surface area contributed by atoms with E-state index in [-0.39, 0.29) is 6.09 Å². The summed E-state index contributed by atoms with van der Waals surface area (Å²) < 4.78 is 5.36. The molecule has 0 atom stereocenters. The van der Waals surface area contributed by atoms with Crippen LogP contribution in [0.3, 0.4) is 0 Å². The number of piperazine rings is 1. The van der Waals surface area contributed by atoms with Crippen molar-refractivity contribution < 1.29 is 14.3 Å². The molecule has 2 rings (SSSR count). The number of pyridine rings is 1. The molecule has 0 unspecified atom stereocenters. The van der Waals surface area contributed by atoms with Gasteiger partial charge in [0.05, 0.1) is 5.56 Å². The van der Waals surface area contributed by atoms with Crippen molar-refractivity contribution in [3.63, 3.8) is 0 Å². The van der Waals surface area contributed by atoms with Gasteiger partial charge in [0.25, 0.3) is 5.91 Å². The Morgan fingerprint density at radius 1 is 1.23 bits per heavy atom. The Morgan fingerprint density at radius 3 is 2.41 bits per heavy atom. The minimum absolute atomic E-state index is 0.316. The zero-order valence-electron chi connectivity index (χ0n) is 13.2. The van der Waals surface area contributed by atoms with Gasteiger partial charge in [0.1, 0.15) is 11.4 Å². The van der Waals surface area contributed by atoms with Gasteiger partial charge in [-0.2, -0.15) is 0 Å². The molecule has 7 nitrogen and oxygen atoms in total. The normalized spacial score (nSPS) is 15.6. The molecule has 0 bridgehead atoms. The first-order chi connectivity index (χ1) is 10.3. The molecule has 0 spiro atoms. The van der Waals surface area contributed by atoms with Gasteiger partial charge in [0.15, 0.2) is 0 Å². The lowest BCUT2D eigenvalue weighted by Crippen LogP contribution is -2.50. The summed E-state index contributed by atoms with van der Waals surface area (Å²) in [5.74, 6) is 0.0662. The molecule has 1 aromatic rings. The summed E-state index contributed by atoms with van der Waals surface area (Å²) in [7, 11) is 0. The fourth-order valence-corrected chi connectivity index (χ4v) is 2.27. The highest BCUT2D eigenvalue weighted by Gasteiger charge is 2.27. The van der Waals surface area contributed by atoms with Crippen molar-refractivity contribution in [1.82, 2.24) is 9.88 Å². The SMILES string of the molecule is CC(C)(C)OC(=O)N1CCN(c2ncccc2C(N)=O)CC1. The Bertz CT molecular complexity index is 560. The van der Waals surface area contributed by atoms with Crippen molar-refractivity contribution in [2.75, 3.05) is 31.1 Å². The number of amides is 2. The van der Waals surface area contributed by atoms with Crippen molar-refractivity contribution in [2.24, 2.45) is 5.73 Å². The van der Waals surface area contributed by atoms with Gasteiger partial charge in [-0.1, -0.05) is 0 Å². The first kappa shape index (κ1) is 16.1. The molecule has 1 saturated heterocycles. The zero-order chi connectivity index (χ0) is 16.3. The molecule has 1 aromatic heterocycles. The third-order valence-electron chi connectivity index (χ3n) is 3.28. The first-order valence-corrected chi connectivity index (χ1v) is 7.25. The van der Waals surface area contributed by atoms with Crippen molar-refractivity contribution in [3.05, 3.63) is 23.9 Å². The van der Waals surface area contributed by atoms with Crippen LogP contribution >= 0.6 is 0 Å². The minimum Gasteiger partial charge on any atom is -0.444 e. The minimum atomic E-state index is -0.506. The van der Waals surface area contributed by atoms with Crippen LogP contribution in [0.2, 0.25) is 0 Å². The van der Waals surface area contributed by atoms with E-state index in [9.17, 15) is 9.59 Å². The maximum atomic E-state index is 12.0. The fraction of sp³-hybridized carbons (Fsp3) is 0.533. The summed E-state index contributed by atoms with van der Waals surface area (Å²) in [4.78, 5) is 31.4. The maximum absolute atomic E-state index is 12.0. The Kier molecular flexibility index (Phi) is 4.54. The Morgan fingerprint density at radius 2 is 1.86 bits per heavy atom. The summed E-state index contributed by atoms with van der Waals surface area (Å²) in [6.45, 7) is 7.72. The molecule has 0 radical (unpaired) electrons. The average molecular weight is 306 g/mol. The highest BCUT2D eigenvalue weighted by molar-refractivity contribution is 5.97. The quantitative estimate of drug-likeness (QED) is 0.888. The van der Waals surface area contributed by atoms with Crippen LogP contribution in [0.25, 0.3) is 0 Å². The number of aromatic nitrogens is 1. The molecule has 2 amide bonds. The number of ether oxygens (including phenoxy) is 1. The smallest absolute Gasteiger partial charge is 0.410 e. The third-order valence-corrected chi connectivity index (χ3v) is 3.28. The van der Waals surface area contributed by atoms with Crippen LogP contribution in [0.4, 0.5) is 10.6 Å². The summed E-state index contributed by atoms with van der Waals surface area (Å²) in [6.07, 6.45) is 1.31. The second-order valence-corrected chi connectivity index (χ2v) is 6.19. The number of hydrogen-bond donors (Lipinski definition) is 1. The maximum Gasteiger partial charge on any atom is 0.410 e. The summed E-state index contributed by atoms with van der Waals surface area (Å²) in [5.41, 5.74) is 5.27. The number of primary amides is 1. The van der Waals surface area contributed by atoms with Crippen LogP contribution in [-0.4, -0.2) is 53.7 Å². The highest BCUT2D eigenvalue weighted by Crippen LogP contribution is 2.19. The first-order valence-electron chi connectivity index (χ1n) is 7.25. The van der Waals surface area contributed by atoms with E-state index in [0.717, 1.165) is 0 Å².